The van der Waals surface area contributed by atoms with Crippen molar-refractivity contribution < 1.29 is 18.0 Å². The van der Waals surface area contributed by atoms with Gasteiger partial charge in [0.05, 0.1) is 29.4 Å². The Bertz CT molecular complexity index is 812. The number of nitrogens with zero attached hydrogens (tertiary/aromatic N) is 2. The number of halogens is 3. The van der Waals surface area contributed by atoms with Crippen LogP contribution in [0.1, 0.15) is 23.6 Å². The number of anilines is 1. The molecule has 0 spiro atoms. The smallest absolute Gasteiger partial charge is 0.324 e. The minimum atomic E-state index is -4.54. The third-order valence-electron chi connectivity index (χ3n) is 3.85. The first kappa shape index (κ1) is 19.5. The van der Waals surface area contributed by atoms with Gasteiger partial charge in [0.1, 0.15) is 0 Å². The van der Waals surface area contributed by atoms with Crippen LogP contribution in [0.5, 0.6) is 0 Å². The number of benzene rings is 2. The first-order valence-electron chi connectivity index (χ1n) is 8.01. The van der Waals surface area contributed by atoms with Crippen molar-refractivity contribution in [2.75, 3.05) is 18.4 Å². The van der Waals surface area contributed by atoms with E-state index in [0.717, 1.165) is 11.6 Å². The minimum absolute atomic E-state index is 0.0809. The Balaban J connectivity index is 2.08. The van der Waals surface area contributed by atoms with Gasteiger partial charge in [-0.2, -0.15) is 18.4 Å². The van der Waals surface area contributed by atoms with Crippen LogP contribution in [0.4, 0.5) is 18.9 Å². The van der Waals surface area contributed by atoms with Crippen molar-refractivity contribution in [2.45, 2.75) is 19.6 Å². The topological polar surface area (TPSA) is 56.1 Å². The molecule has 136 valence electrons. The zero-order valence-electron chi connectivity index (χ0n) is 14.2. The normalized spacial score (nSPS) is 11.2. The summed E-state index contributed by atoms with van der Waals surface area (Å²) in [7, 11) is 0. The van der Waals surface area contributed by atoms with Crippen LogP contribution in [0.3, 0.4) is 0 Å². The van der Waals surface area contributed by atoms with Crippen LogP contribution in [0, 0.1) is 11.3 Å². The summed E-state index contributed by atoms with van der Waals surface area (Å²) in [6.45, 7) is 2.62. The molecule has 0 aromatic heterocycles. The van der Waals surface area contributed by atoms with E-state index in [4.69, 9.17) is 5.26 Å². The van der Waals surface area contributed by atoms with E-state index in [-0.39, 0.29) is 12.2 Å². The summed E-state index contributed by atoms with van der Waals surface area (Å²) in [5.74, 6) is -0.544. The number of amides is 1. The van der Waals surface area contributed by atoms with Gasteiger partial charge in [0.15, 0.2) is 0 Å². The molecule has 2 rings (SSSR count). The Labute approximate surface area is 149 Å². The zero-order valence-corrected chi connectivity index (χ0v) is 14.2. The molecule has 0 heterocycles. The van der Waals surface area contributed by atoms with Gasteiger partial charge in [-0.15, -0.1) is 0 Å². The lowest BCUT2D eigenvalue weighted by Gasteiger charge is -2.21. The van der Waals surface area contributed by atoms with Crippen LogP contribution in [0.25, 0.3) is 0 Å². The standard InChI is InChI=1S/C19H18F3N3O/c1-2-25(12-15-8-4-3-7-14(15)11-23)13-18(26)24-17-10-6-5-9-16(17)19(20,21)22/h3-10H,2,12-13H2,1H3,(H,24,26). The number of para-hydroxylation sites is 1. The molecule has 0 aliphatic heterocycles. The van der Waals surface area contributed by atoms with Gasteiger partial charge in [-0.25, -0.2) is 0 Å². The summed E-state index contributed by atoms with van der Waals surface area (Å²) < 4.78 is 39.0. The quantitative estimate of drug-likeness (QED) is 0.845. The lowest BCUT2D eigenvalue weighted by Crippen LogP contribution is -2.33. The molecule has 0 fully saturated rings. The number of nitrogens with one attached hydrogen (secondary N) is 1. The average molecular weight is 361 g/mol. The Morgan fingerprint density at radius 1 is 1.15 bits per heavy atom. The number of likely N-dealkylation sites (N-methyl/N-ethyl adjacent to an activating group) is 1. The maximum atomic E-state index is 13.0. The fraction of sp³-hybridized carbons (Fsp3) is 0.263. The molecule has 2 aromatic rings. The van der Waals surface area contributed by atoms with E-state index < -0.39 is 17.6 Å². The van der Waals surface area contributed by atoms with E-state index in [2.05, 4.69) is 11.4 Å². The third kappa shape index (κ3) is 5.07. The van der Waals surface area contributed by atoms with E-state index in [1.54, 1.807) is 29.2 Å². The summed E-state index contributed by atoms with van der Waals surface area (Å²) in [6.07, 6.45) is -4.54. The average Bonchev–Trinajstić information content (AvgIpc) is 2.61. The number of hydrogen-bond acceptors (Lipinski definition) is 3. The van der Waals surface area contributed by atoms with Gasteiger partial charge in [0.2, 0.25) is 5.91 Å². The van der Waals surface area contributed by atoms with Gasteiger partial charge in [0.25, 0.3) is 0 Å². The lowest BCUT2D eigenvalue weighted by atomic mass is 10.1. The summed E-state index contributed by atoms with van der Waals surface area (Å²) in [5.41, 5.74) is 0.124. The van der Waals surface area contributed by atoms with Crippen LogP contribution >= 0.6 is 0 Å². The highest BCUT2D eigenvalue weighted by molar-refractivity contribution is 5.93. The molecule has 0 saturated heterocycles. The molecule has 0 bridgehead atoms. The molecule has 0 unspecified atom stereocenters. The van der Waals surface area contributed by atoms with Gasteiger partial charge >= 0.3 is 6.18 Å². The number of rotatable bonds is 6. The van der Waals surface area contributed by atoms with Crippen LogP contribution < -0.4 is 5.32 Å². The molecular formula is C19H18F3N3O. The lowest BCUT2D eigenvalue weighted by molar-refractivity contribution is -0.137. The second kappa shape index (κ2) is 8.50. The highest BCUT2D eigenvalue weighted by atomic mass is 19.4. The zero-order chi connectivity index (χ0) is 19.2. The number of alkyl halides is 3. The van der Waals surface area contributed by atoms with E-state index in [1.165, 1.54) is 18.2 Å². The van der Waals surface area contributed by atoms with Crippen molar-refractivity contribution in [3.05, 3.63) is 65.2 Å². The van der Waals surface area contributed by atoms with E-state index >= 15 is 0 Å². The molecule has 7 heteroatoms. The largest absolute Gasteiger partial charge is 0.418 e. The molecule has 2 aromatic carbocycles. The van der Waals surface area contributed by atoms with Crippen molar-refractivity contribution in [1.82, 2.24) is 4.90 Å². The highest BCUT2D eigenvalue weighted by Crippen LogP contribution is 2.34. The maximum absolute atomic E-state index is 13.0. The number of carbonyl (C=O) groups excluding carboxylic acids is 1. The van der Waals surface area contributed by atoms with E-state index in [1.807, 2.05) is 6.92 Å². The molecule has 0 aliphatic carbocycles. The van der Waals surface area contributed by atoms with Gasteiger partial charge in [-0.3, -0.25) is 9.69 Å². The van der Waals surface area contributed by atoms with Crippen LogP contribution in [0.15, 0.2) is 48.5 Å². The Morgan fingerprint density at radius 3 is 2.46 bits per heavy atom. The molecular weight excluding hydrogens is 343 g/mol. The van der Waals surface area contributed by atoms with E-state index in [0.29, 0.717) is 18.7 Å². The fourth-order valence-electron chi connectivity index (χ4n) is 2.52. The maximum Gasteiger partial charge on any atom is 0.418 e. The van der Waals surface area contributed by atoms with Crippen molar-refractivity contribution in [2.24, 2.45) is 0 Å². The first-order chi connectivity index (χ1) is 12.3. The minimum Gasteiger partial charge on any atom is -0.324 e. The number of hydrogen-bond donors (Lipinski definition) is 1. The Hall–Kier alpha value is -2.85. The Morgan fingerprint density at radius 2 is 1.81 bits per heavy atom. The van der Waals surface area contributed by atoms with Crippen molar-refractivity contribution in [3.8, 4) is 6.07 Å². The molecule has 0 saturated carbocycles. The number of nitriles is 1. The molecule has 0 atom stereocenters. The second-order valence-electron chi connectivity index (χ2n) is 5.66. The number of carbonyl (C=O) groups is 1. The second-order valence-corrected chi connectivity index (χ2v) is 5.66. The molecule has 0 radical (unpaired) electrons. The molecule has 4 nitrogen and oxygen atoms in total. The fourth-order valence-corrected chi connectivity index (χ4v) is 2.52. The predicted molar refractivity (Wildman–Crippen MR) is 92.2 cm³/mol. The van der Waals surface area contributed by atoms with Crippen LogP contribution in [-0.2, 0) is 17.5 Å². The Kier molecular flexibility index (Phi) is 6.36. The summed E-state index contributed by atoms with van der Waals surface area (Å²) in [4.78, 5) is 14.0. The summed E-state index contributed by atoms with van der Waals surface area (Å²) in [6, 6.07) is 14.0. The monoisotopic (exact) mass is 361 g/mol. The van der Waals surface area contributed by atoms with Gasteiger partial charge in [-0.1, -0.05) is 37.3 Å². The predicted octanol–water partition coefficient (Wildman–Crippen LogP) is 4.04. The summed E-state index contributed by atoms with van der Waals surface area (Å²) in [5, 5.41) is 11.5. The van der Waals surface area contributed by atoms with Gasteiger partial charge < -0.3 is 5.32 Å². The summed E-state index contributed by atoms with van der Waals surface area (Å²) >= 11 is 0. The van der Waals surface area contributed by atoms with Crippen LogP contribution in [-0.4, -0.2) is 23.9 Å². The van der Waals surface area contributed by atoms with E-state index in [9.17, 15) is 18.0 Å². The molecule has 1 amide bonds. The molecule has 0 aliphatic rings. The highest BCUT2D eigenvalue weighted by Gasteiger charge is 2.33. The first-order valence-corrected chi connectivity index (χ1v) is 8.01. The van der Waals surface area contributed by atoms with Crippen molar-refractivity contribution >= 4 is 11.6 Å². The van der Waals surface area contributed by atoms with Gasteiger partial charge in [0, 0.05) is 6.54 Å². The van der Waals surface area contributed by atoms with Gasteiger partial charge in [-0.05, 0) is 30.3 Å². The van der Waals surface area contributed by atoms with Crippen molar-refractivity contribution in [1.29, 1.82) is 5.26 Å². The SMILES string of the molecule is CCN(CC(=O)Nc1ccccc1C(F)(F)F)Cc1ccccc1C#N. The molecule has 26 heavy (non-hydrogen) atoms. The molecule has 1 N–H and O–H groups in total. The van der Waals surface area contributed by atoms with Crippen LogP contribution in [0.2, 0.25) is 0 Å². The third-order valence-corrected chi connectivity index (χ3v) is 3.85. The van der Waals surface area contributed by atoms with Crippen molar-refractivity contribution in [3.63, 3.8) is 0 Å².